The van der Waals surface area contributed by atoms with Gasteiger partial charge >= 0.3 is 0 Å². The molecule has 126 valence electrons. The van der Waals surface area contributed by atoms with Gasteiger partial charge in [-0.25, -0.2) is 0 Å². The number of hydrogen-bond donors (Lipinski definition) is 2. The fourth-order valence-corrected chi connectivity index (χ4v) is 2.81. The van der Waals surface area contributed by atoms with Crippen LogP contribution < -0.4 is 5.32 Å². The van der Waals surface area contributed by atoms with Crippen LogP contribution in [0.2, 0.25) is 0 Å². The van der Waals surface area contributed by atoms with E-state index < -0.39 is 0 Å². The van der Waals surface area contributed by atoms with E-state index in [0.29, 0.717) is 0 Å². The molecule has 0 atom stereocenters. The average molecular weight is 327 g/mol. The van der Waals surface area contributed by atoms with E-state index in [2.05, 4.69) is 20.7 Å². The molecule has 1 aliphatic rings. The molecule has 2 heterocycles. The first-order valence-electron chi connectivity index (χ1n) is 8.10. The van der Waals surface area contributed by atoms with E-state index in [1.165, 1.54) is 5.56 Å². The first-order chi connectivity index (χ1) is 11.5. The molecule has 1 saturated heterocycles. The fraction of sp³-hybridized carbons (Fsp3) is 0.412. The molecule has 0 radical (unpaired) electrons. The smallest absolute Gasteiger partial charge is 0.278 e. The molecule has 0 unspecified atom stereocenters. The lowest BCUT2D eigenvalue weighted by Gasteiger charge is -2.13. The van der Waals surface area contributed by atoms with Gasteiger partial charge in [-0.3, -0.25) is 9.59 Å². The molecule has 3 rings (SSSR count). The first kappa shape index (κ1) is 16.2. The van der Waals surface area contributed by atoms with E-state index in [-0.39, 0.29) is 29.7 Å². The zero-order valence-electron chi connectivity index (χ0n) is 13.9. The van der Waals surface area contributed by atoms with Crippen LogP contribution in [0.25, 0.3) is 0 Å². The van der Waals surface area contributed by atoms with E-state index in [4.69, 9.17) is 0 Å². The maximum atomic E-state index is 12.4. The summed E-state index contributed by atoms with van der Waals surface area (Å²) < 4.78 is 0. The van der Waals surface area contributed by atoms with Gasteiger partial charge in [0.15, 0.2) is 11.5 Å². The van der Waals surface area contributed by atoms with Crippen molar-refractivity contribution in [1.82, 2.24) is 20.3 Å². The number of carbonyl (C=O) groups is 2. The summed E-state index contributed by atoms with van der Waals surface area (Å²) >= 11 is 0. The molecule has 1 aromatic carbocycles. The second-order valence-corrected chi connectivity index (χ2v) is 6.16. The molecule has 2 amide bonds. The zero-order valence-corrected chi connectivity index (χ0v) is 13.9. The minimum absolute atomic E-state index is 0.172. The number of aryl methyl sites for hydroxylation is 2. The fourth-order valence-electron chi connectivity index (χ4n) is 2.81. The number of nitrogens with one attached hydrogen (secondary N) is 2. The molecular weight excluding hydrogens is 306 g/mol. The molecule has 0 bridgehead atoms. The monoisotopic (exact) mass is 327 g/mol. The maximum absolute atomic E-state index is 12.4. The number of aromatic nitrogens is 3. The van der Waals surface area contributed by atoms with Gasteiger partial charge in [0.1, 0.15) is 0 Å². The van der Waals surface area contributed by atoms with Gasteiger partial charge in [0.2, 0.25) is 5.91 Å². The van der Waals surface area contributed by atoms with Gasteiger partial charge < -0.3 is 10.2 Å². The number of nitrogens with zero attached hydrogens (tertiary/aromatic N) is 3. The minimum Gasteiger partial charge on any atom is -0.337 e. The van der Waals surface area contributed by atoms with Gasteiger partial charge in [-0.1, -0.05) is 18.2 Å². The SMILES string of the molecule is Cc1ccc(CC(=O)Nc2n[nH]nc2C(=O)N2CCCC2)cc1C. The van der Waals surface area contributed by atoms with Gasteiger partial charge in [-0.15, -0.1) is 10.2 Å². The van der Waals surface area contributed by atoms with Crippen molar-refractivity contribution >= 4 is 17.6 Å². The number of hydrogen-bond acceptors (Lipinski definition) is 4. The Morgan fingerprint density at radius 3 is 2.62 bits per heavy atom. The topological polar surface area (TPSA) is 91.0 Å². The average Bonchev–Trinajstić information content (AvgIpc) is 3.22. The highest BCUT2D eigenvalue weighted by Gasteiger charge is 2.25. The number of aromatic amines is 1. The van der Waals surface area contributed by atoms with Gasteiger partial charge in [-0.2, -0.15) is 5.21 Å². The number of likely N-dealkylation sites (tertiary alicyclic amines) is 1. The molecular formula is C17H21N5O2. The predicted octanol–water partition coefficient (Wildman–Crippen LogP) is 1.84. The van der Waals surface area contributed by atoms with Crippen LogP contribution in [0.3, 0.4) is 0 Å². The summed E-state index contributed by atoms with van der Waals surface area (Å²) in [6, 6.07) is 5.92. The third-order valence-corrected chi connectivity index (χ3v) is 4.34. The summed E-state index contributed by atoms with van der Waals surface area (Å²) in [7, 11) is 0. The van der Waals surface area contributed by atoms with Crippen LogP contribution in [-0.4, -0.2) is 45.2 Å². The van der Waals surface area contributed by atoms with Crippen LogP contribution in [0.5, 0.6) is 0 Å². The molecule has 1 aromatic heterocycles. The lowest BCUT2D eigenvalue weighted by atomic mass is 10.0. The van der Waals surface area contributed by atoms with Crippen molar-refractivity contribution in [2.24, 2.45) is 0 Å². The van der Waals surface area contributed by atoms with Crippen molar-refractivity contribution in [3.63, 3.8) is 0 Å². The van der Waals surface area contributed by atoms with Crippen molar-refractivity contribution in [3.8, 4) is 0 Å². The van der Waals surface area contributed by atoms with Crippen LogP contribution >= 0.6 is 0 Å². The van der Waals surface area contributed by atoms with Crippen LogP contribution in [0, 0.1) is 13.8 Å². The summed E-state index contributed by atoms with van der Waals surface area (Å²) in [4.78, 5) is 26.4. The van der Waals surface area contributed by atoms with Crippen LogP contribution in [0.4, 0.5) is 5.82 Å². The van der Waals surface area contributed by atoms with E-state index >= 15 is 0 Å². The lowest BCUT2D eigenvalue weighted by molar-refractivity contribution is -0.115. The summed E-state index contributed by atoms with van der Waals surface area (Å²) in [5.74, 6) is -0.217. The predicted molar refractivity (Wildman–Crippen MR) is 89.8 cm³/mol. The zero-order chi connectivity index (χ0) is 17.1. The highest BCUT2D eigenvalue weighted by molar-refractivity contribution is 6.01. The largest absolute Gasteiger partial charge is 0.337 e. The summed E-state index contributed by atoms with van der Waals surface area (Å²) in [6.45, 7) is 5.50. The third-order valence-electron chi connectivity index (χ3n) is 4.34. The Morgan fingerprint density at radius 2 is 1.92 bits per heavy atom. The summed E-state index contributed by atoms with van der Waals surface area (Å²) in [5, 5.41) is 12.9. The number of rotatable bonds is 4. The Morgan fingerprint density at radius 1 is 1.17 bits per heavy atom. The Hall–Kier alpha value is -2.70. The van der Waals surface area contributed by atoms with Crippen molar-refractivity contribution in [1.29, 1.82) is 0 Å². The lowest BCUT2D eigenvalue weighted by Crippen LogP contribution is -2.29. The quantitative estimate of drug-likeness (QED) is 0.896. The molecule has 1 aliphatic heterocycles. The van der Waals surface area contributed by atoms with Gasteiger partial charge in [0.25, 0.3) is 5.91 Å². The number of benzene rings is 1. The van der Waals surface area contributed by atoms with Crippen molar-refractivity contribution in [2.75, 3.05) is 18.4 Å². The number of H-pyrrole nitrogens is 1. The normalized spacial score (nSPS) is 14.0. The Balaban J connectivity index is 1.67. The summed E-state index contributed by atoms with van der Waals surface area (Å²) in [5.41, 5.74) is 3.43. The first-order valence-corrected chi connectivity index (χ1v) is 8.10. The number of carbonyl (C=O) groups excluding carboxylic acids is 2. The second-order valence-electron chi connectivity index (χ2n) is 6.16. The van der Waals surface area contributed by atoms with Gasteiger partial charge in [0, 0.05) is 13.1 Å². The Kier molecular flexibility index (Phi) is 4.59. The maximum Gasteiger partial charge on any atom is 0.278 e. The molecule has 0 aliphatic carbocycles. The van der Waals surface area contributed by atoms with Crippen molar-refractivity contribution in [2.45, 2.75) is 33.1 Å². The highest BCUT2D eigenvalue weighted by atomic mass is 16.2. The molecule has 2 N–H and O–H groups in total. The summed E-state index contributed by atoms with van der Waals surface area (Å²) in [6.07, 6.45) is 2.22. The third kappa shape index (κ3) is 3.45. The Labute approximate surface area is 140 Å². The van der Waals surface area contributed by atoms with E-state index in [1.807, 2.05) is 32.0 Å². The van der Waals surface area contributed by atoms with Crippen molar-refractivity contribution in [3.05, 3.63) is 40.6 Å². The number of anilines is 1. The van der Waals surface area contributed by atoms with Crippen LogP contribution in [-0.2, 0) is 11.2 Å². The molecule has 24 heavy (non-hydrogen) atoms. The number of amides is 2. The molecule has 7 nitrogen and oxygen atoms in total. The van der Waals surface area contributed by atoms with E-state index in [9.17, 15) is 9.59 Å². The van der Waals surface area contributed by atoms with E-state index in [1.54, 1.807) is 4.90 Å². The molecule has 2 aromatic rings. The van der Waals surface area contributed by atoms with Crippen molar-refractivity contribution < 1.29 is 9.59 Å². The standard InChI is InChI=1S/C17H21N5O2/c1-11-5-6-13(9-12(11)2)10-14(23)18-16-15(19-21-20-16)17(24)22-7-3-4-8-22/h5-6,9H,3-4,7-8,10H2,1-2H3,(H2,18,19,20,21,23). The molecule has 1 fully saturated rings. The second kappa shape index (κ2) is 6.82. The Bertz CT molecular complexity index is 762. The van der Waals surface area contributed by atoms with Gasteiger partial charge in [0.05, 0.1) is 6.42 Å². The molecule has 7 heteroatoms. The van der Waals surface area contributed by atoms with Gasteiger partial charge in [-0.05, 0) is 43.4 Å². The molecule has 0 saturated carbocycles. The molecule has 0 spiro atoms. The van der Waals surface area contributed by atoms with Crippen LogP contribution in [0.15, 0.2) is 18.2 Å². The highest BCUT2D eigenvalue weighted by Crippen LogP contribution is 2.16. The minimum atomic E-state index is -0.220. The van der Waals surface area contributed by atoms with E-state index in [0.717, 1.165) is 37.1 Å². The van der Waals surface area contributed by atoms with Crippen LogP contribution in [0.1, 0.15) is 40.0 Å².